The second kappa shape index (κ2) is 7.13. The average Bonchev–Trinajstić information content (AvgIpc) is 3.01. The highest BCUT2D eigenvalue weighted by Gasteiger charge is 2.25. The Hall–Kier alpha value is -1.88. The van der Waals surface area contributed by atoms with Gasteiger partial charge in [0.15, 0.2) is 0 Å². The highest BCUT2D eigenvalue weighted by Crippen LogP contribution is 2.25. The standard InChI is InChI=1S/C18H25N3O2/c19-15-9-10-21(12-15)18(23)14-7-4-8-16(11-14)20-17(22)13-5-2-1-3-6-13/h4,7-8,11,13,15H,1-3,5-6,9-10,12,19H2,(H,20,22)/t15-/m1/s1. The van der Waals surface area contributed by atoms with Gasteiger partial charge in [-0.1, -0.05) is 25.3 Å². The van der Waals surface area contributed by atoms with Gasteiger partial charge in [0.25, 0.3) is 5.91 Å². The van der Waals surface area contributed by atoms with Gasteiger partial charge in [-0.15, -0.1) is 0 Å². The Morgan fingerprint density at radius 2 is 1.91 bits per heavy atom. The number of carbonyl (C=O) groups is 2. The first kappa shape index (κ1) is 16.0. The molecule has 2 aliphatic rings. The highest BCUT2D eigenvalue weighted by molar-refractivity contribution is 5.97. The fraction of sp³-hybridized carbons (Fsp3) is 0.556. The lowest BCUT2D eigenvalue weighted by Crippen LogP contribution is -2.32. The lowest BCUT2D eigenvalue weighted by Gasteiger charge is -2.21. The number of likely N-dealkylation sites (tertiary alicyclic amines) is 1. The van der Waals surface area contributed by atoms with E-state index >= 15 is 0 Å². The van der Waals surface area contributed by atoms with Crippen molar-refractivity contribution in [3.05, 3.63) is 29.8 Å². The van der Waals surface area contributed by atoms with Crippen molar-refractivity contribution in [1.29, 1.82) is 0 Å². The zero-order valence-corrected chi connectivity index (χ0v) is 13.5. The van der Waals surface area contributed by atoms with Crippen molar-refractivity contribution in [1.82, 2.24) is 4.90 Å². The van der Waals surface area contributed by atoms with Gasteiger partial charge in [0.2, 0.25) is 5.91 Å². The summed E-state index contributed by atoms with van der Waals surface area (Å²) < 4.78 is 0. The van der Waals surface area contributed by atoms with Crippen molar-refractivity contribution >= 4 is 17.5 Å². The van der Waals surface area contributed by atoms with Crippen LogP contribution in [0.1, 0.15) is 48.9 Å². The monoisotopic (exact) mass is 315 g/mol. The van der Waals surface area contributed by atoms with Gasteiger partial charge in [0.05, 0.1) is 0 Å². The van der Waals surface area contributed by atoms with Gasteiger partial charge in [-0.2, -0.15) is 0 Å². The first-order valence-corrected chi connectivity index (χ1v) is 8.59. The van der Waals surface area contributed by atoms with Crippen LogP contribution in [-0.4, -0.2) is 35.8 Å². The third-order valence-electron chi connectivity index (χ3n) is 4.86. The molecule has 0 bridgehead atoms. The van der Waals surface area contributed by atoms with Crippen molar-refractivity contribution in [2.24, 2.45) is 11.7 Å². The van der Waals surface area contributed by atoms with Gasteiger partial charge in [-0.3, -0.25) is 9.59 Å². The molecule has 23 heavy (non-hydrogen) atoms. The van der Waals surface area contributed by atoms with Crippen LogP contribution in [0.2, 0.25) is 0 Å². The van der Waals surface area contributed by atoms with Crippen molar-refractivity contribution < 1.29 is 9.59 Å². The number of nitrogens with zero attached hydrogens (tertiary/aromatic N) is 1. The Bertz CT molecular complexity index is 581. The van der Waals surface area contributed by atoms with E-state index in [2.05, 4.69) is 5.32 Å². The molecule has 0 unspecified atom stereocenters. The highest BCUT2D eigenvalue weighted by atomic mass is 16.2. The number of amides is 2. The van der Waals surface area contributed by atoms with E-state index in [0.717, 1.165) is 32.1 Å². The molecule has 3 rings (SSSR count). The van der Waals surface area contributed by atoms with Gasteiger partial charge in [-0.25, -0.2) is 0 Å². The maximum absolute atomic E-state index is 12.5. The summed E-state index contributed by atoms with van der Waals surface area (Å²) in [4.78, 5) is 26.6. The van der Waals surface area contributed by atoms with Crippen LogP contribution in [0.15, 0.2) is 24.3 Å². The summed E-state index contributed by atoms with van der Waals surface area (Å²) in [5, 5.41) is 2.97. The van der Waals surface area contributed by atoms with Crippen molar-refractivity contribution in [3.63, 3.8) is 0 Å². The van der Waals surface area contributed by atoms with E-state index in [4.69, 9.17) is 5.73 Å². The molecule has 5 nitrogen and oxygen atoms in total. The summed E-state index contributed by atoms with van der Waals surface area (Å²) in [6, 6.07) is 7.30. The van der Waals surface area contributed by atoms with Crippen LogP contribution in [-0.2, 0) is 4.79 Å². The van der Waals surface area contributed by atoms with E-state index in [-0.39, 0.29) is 23.8 Å². The number of nitrogens with two attached hydrogens (primary N) is 1. The number of nitrogens with one attached hydrogen (secondary N) is 1. The lowest BCUT2D eigenvalue weighted by atomic mass is 9.88. The van der Waals surface area contributed by atoms with Gasteiger partial charge in [-0.05, 0) is 37.5 Å². The summed E-state index contributed by atoms with van der Waals surface area (Å²) in [6.45, 7) is 1.32. The number of hydrogen-bond acceptors (Lipinski definition) is 3. The van der Waals surface area contributed by atoms with E-state index in [1.165, 1.54) is 6.42 Å². The van der Waals surface area contributed by atoms with Crippen LogP contribution in [0.25, 0.3) is 0 Å². The molecule has 1 heterocycles. The quantitative estimate of drug-likeness (QED) is 0.899. The van der Waals surface area contributed by atoms with Crippen molar-refractivity contribution in [2.75, 3.05) is 18.4 Å². The number of hydrogen-bond donors (Lipinski definition) is 2. The topological polar surface area (TPSA) is 75.4 Å². The molecule has 2 amide bonds. The average molecular weight is 315 g/mol. The second-order valence-electron chi connectivity index (χ2n) is 6.70. The Morgan fingerprint density at radius 3 is 2.61 bits per heavy atom. The fourth-order valence-electron chi connectivity index (χ4n) is 3.49. The fourth-order valence-corrected chi connectivity index (χ4v) is 3.49. The van der Waals surface area contributed by atoms with Crippen LogP contribution < -0.4 is 11.1 Å². The molecular formula is C18H25N3O2. The molecule has 5 heteroatoms. The smallest absolute Gasteiger partial charge is 0.253 e. The first-order chi connectivity index (χ1) is 11.1. The molecule has 0 radical (unpaired) electrons. The van der Waals surface area contributed by atoms with Crippen LogP contribution in [0.3, 0.4) is 0 Å². The van der Waals surface area contributed by atoms with E-state index < -0.39 is 0 Å². The second-order valence-corrected chi connectivity index (χ2v) is 6.70. The summed E-state index contributed by atoms with van der Waals surface area (Å²) in [5.41, 5.74) is 7.18. The van der Waals surface area contributed by atoms with Gasteiger partial charge in [0.1, 0.15) is 0 Å². The molecule has 2 fully saturated rings. The zero-order chi connectivity index (χ0) is 16.2. The van der Waals surface area contributed by atoms with E-state index in [1.54, 1.807) is 17.0 Å². The molecule has 124 valence electrons. The zero-order valence-electron chi connectivity index (χ0n) is 13.5. The molecule has 1 aliphatic heterocycles. The molecule has 0 aromatic heterocycles. The SMILES string of the molecule is N[C@@H]1CCN(C(=O)c2cccc(NC(=O)C3CCCCC3)c2)C1. The molecular weight excluding hydrogens is 290 g/mol. The number of rotatable bonds is 3. The lowest BCUT2D eigenvalue weighted by molar-refractivity contribution is -0.120. The maximum Gasteiger partial charge on any atom is 0.253 e. The van der Waals surface area contributed by atoms with Crippen LogP contribution in [0, 0.1) is 5.92 Å². The summed E-state index contributed by atoms with van der Waals surface area (Å²) in [6.07, 6.45) is 6.28. The van der Waals surface area contributed by atoms with E-state index in [0.29, 0.717) is 24.3 Å². The maximum atomic E-state index is 12.5. The predicted octanol–water partition coefficient (Wildman–Crippen LogP) is 2.38. The predicted molar refractivity (Wildman–Crippen MR) is 90.1 cm³/mol. The molecule has 1 atom stereocenters. The van der Waals surface area contributed by atoms with Gasteiger partial charge < -0.3 is 16.0 Å². The Labute approximate surface area is 137 Å². The Morgan fingerprint density at radius 1 is 1.13 bits per heavy atom. The molecule has 1 aromatic carbocycles. The summed E-state index contributed by atoms with van der Waals surface area (Å²) in [5.74, 6) is 0.184. The molecule has 0 spiro atoms. The first-order valence-electron chi connectivity index (χ1n) is 8.59. The third-order valence-corrected chi connectivity index (χ3v) is 4.86. The number of carbonyl (C=O) groups excluding carboxylic acids is 2. The number of anilines is 1. The summed E-state index contributed by atoms with van der Waals surface area (Å²) >= 11 is 0. The minimum atomic E-state index is -0.00767. The Balaban J connectivity index is 1.65. The third kappa shape index (κ3) is 3.91. The largest absolute Gasteiger partial charge is 0.337 e. The van der Waals surface area contributed by atoms with Crippen LogP contribution >= 0.6 is 0 Å². The van der Waals surface area contributed by atoms with Crippen LogP contribution in [0.5, 0.6) is 0 Å². The van der Waals surface area contributed by atoms with E-state index in [1.807, 2.05) is 12.1 Å². The molecule has 3 N–H and O–H groups in total. The molecule has 1 saturated heterocycles. The molecule has 1 saturated carbocycles. The van der Waals surface area contributed by atoms with Gasteiger partial charge >= 0.3 is 0 Å². The van der Waals surface area contributed by atoms with E-state index in [9.17, 15) is 9.59 Å². The van der Waals surface area contributed by atoms with Crippen molar-refractivity contribution in [2.45, 2.75) is 44.6 Å². The Kier molecular flexibility index (Phi) is 4.96. The molecule has 1 aliphatic carbocycles. The minimum absolute atomic E-state index is 0.00767. The summed E-state index contributed by atoms with van der Waals surface area (Å²) in [7, 11) is 0. The van der Waals surface area contributed by atoms with Crippen LogP contribution in [0.4, 0.5) is 5.69 Å². The molecule has 1 aromatic rings. The van der Waals surface area contributed by atoms with Crippen molar-refractivity contribution in [3.8, 4) is 0 Å². The van der Waals surface area contributed by atoms with Gasteiger partial charge in [0, 0.05) is 36.3 Å². The normalized spacial score (nSPS) is 22.1. The minimum Gasteiger partial charge on any atom is -0.337 e. The number of benzene rings is 1.